The lowest BCUT2D eigenvalue weighted by molar-refractivity contribution is -1.73. The molecule has 0 unspecified atom stereocenters. The van der Waals surface area contributed by atoms with Crippen LogP contribution in [0.15, 0.2) is 0 Å². The van der Waals surface area contributed by atoms with Gasteiger partial charge in [0.05, 0.1) is 0 Å². The van der Waals surface area contributed by atoms with E-state index in [-0.39, 0.29) is 24.0 Å². The summed E-state index contributed by atoms with van der Waals surface area (Å²) in [5.74, 6) is 0. The lowest BCUT2D eigenvalue weighted by Crippen LogP contribution is -3.00. The molecule has 0 aliphatic heterocycles. The fourth-order valence-electron chi connectivity index (χ4n) is 0. The van der Waals surface area contributed by atoms with E-state index >= 15 is 0 Å². The summed E-state index contributed by atoms with van der Waals surface area (Å²) < 4.78 is 25.6. The van der Waals surface area contributed by atoms with Crippen molar-refractivity contribution in [2.45, 2.75) is 0 Å². The van der Waals surface area contributed by atoms with Gasteiger partial charge in [0.1, 0.15) is 0 Å². The van der Waals surface area contributed by atoms with E-state index in [4.69, 9.17) is 12.6 Å². The second-order valence-corrected chi connectivity index (χ2v) is 0.982. The molecule has 0 aromatic heterocycles. The third-order valence-electron chi connectivity index (χ3n) is 0. The van der Waals surface area contributed by atoms with Crippen LogP contribution in [0.25, 0.3) is 0 Å². The van der Waals surface area contributed by atoms with E-state index in [0.29, 0.717) is 0 Å². The molecule has 0 aliphatic carbocycles. The summed E-state index contributed by atoms with van der Waals surface area (Å²) in [5, 5.41) is 0. The summed E-state index contributed by atoms with van der Waals surface area (Å²) in [6, 6.07) is 0. The summed E-state index contributed by atoms with van der Waals surface area (Å²) in [7, 11) is 0. The first-order chi connectivity index (χ1) is 1.73. The average molecular weight is 257 g/mol. The molecule has 0 amide bonds. The predicted molar refractivity (Wildman–Crippen MR) is 2.79 cm³/mol. The minimum Gasteiger partial charge on any atom is -0.405 e. The van der Waals surface area contributed by atoms with Gasteiger partial charge in [-0.05, 0) is 0 Å². The van der Waals surface area contributed by atoms with Crippen molar-refractivity contribution < 1.29 is 51.4 Å². The van der Waals surface area contributed by atoms with E-state index in [1.165, 1.54) is 0 Å². The smallest absolute Gasteiger partial charge is 0.235 e. The molecule has 0 aromatic carbocycles. The molecule has 0 heterocycles. The Morgan fingerprint density at radius 3 is 1.00 bits per heavy atom. The Bertz CT molecular complexity index is 11.6. The van der Waals surface area contributed by atoms with Crippen LogP contribution in [-0.4, -0.2) is 0 Å². The molecule has 0 aliphatic rings. The highest BCUT2D eigenvalue weighted by Gasteiger charge is 1.67. The van der Waals surface area contributed by atoms with Gasteiger partial charge in [-0.15, -0.1) is 0 Å². The van der Waals surface area contributed by atoms with Crippen molar-refractivity contribution in [2.24, 2.45) is 0 Å². The monoisotopic (exact) mass is 256 g/mol. The third kappa shape index (κ3) is 40.9. The molecule has 0 saturated carbocycles. The summed E-state index contributed by atoms with van der Waals surface area (Å²) in [6.07, 6.45) is 0. The van der Waals surface area contributed by atoms with Crippen molar-refractivity contribution >= 4 is 0 Å². The lowest BCUT2D eigenvalue weighted by Gasteiger charge is -1.85. The van der Waals surface area contributed by atoms with Crippen LogP contribution in [0.1, 0.15) is 0 Å². The molecule has 0 spiro atoms. The van der Waals surface area contributed by atoms with Gasteiger partial charge >= 0.3 is 0 Å². The van der Waals surface area contributed by atoms with Crippen LogP contribution < -0.4 is 36.6 Å². The number of hydrogen-bond acceptors (Lipinski definition) is 3. The first-order valence-corrected chi connectivity index (χ1v) is 2.41. The third-order valence-corrected chi connectivity index (χ3v) is 0. The van der Waals surface area contributed by atoms with Crippen molar-refractivity contribution in [3.63, 3.8) is 0 Å². The predicted octanol–water partition coefficient (Wildman–Crippen LogP) is -7.10. The maximum Gasteiger partial charge on any atom is 0.235 e. The van der Waals surface area contributed by atoms with Gasteiger partial charge in [-0.1, -0.05) is 0 Å². The van der Waals surface area contributed by atoms with Crippen LogP contribution in [-0.2, 0) is 0 Å². The Morgan fingerprint density at radius 1 is 1.00 bits per heavy atom. The molecular formula is H2BrIO3. The Morgan fingerprint density at radius 2 is 1.00 bits per heavy atom. The molecule has 0 N–H and O–H groups in total. The molecule has 0 aromatic rings. The van der Waals surface area contributed by atoms with Gasteiger partial charge in [-0.3, -0.25) is 0 Å². The van der Waals surface area contributed by atoms with Crippen molar-refractivity contribution in [3.8, 4) is 0 Å². The van der Waals surface area contributed by atoms with Crippen LogP contribution in [0.3, 0.4) is 0 Å². The molecule has 5 heavy (non-hydrogen) atoms. The zero-order valence-corrected chi connectivity index (χ0v) is 6.19. The van der Waals surface area contributed by atoms with Crippen LogP contribution >= 0.6 is 0 Å². The highest BCUT2D eigenvalue weighted by molar-refractivity contribution is 1.73. The van der Waals surface area contributed by atoms with Crippen molar-refractivity contribution in [2.75, 3.05) is 0 Å². The van der Waals surface area contributed by atoms with Gasteiger partial charge < -0.3 is 12.6 Å². The van der Waals surface area contributed by atoms with Gasteiger partial charge in [0, 0.05) is 0 Å². The maximum absolute atomic E-state index is 8.52. The van der Waals surface area contributed by atoms with Gasteiger partial charge in [-0.25, -0.2) is 0 Å². The van der Waals surface area contributed by atoms with E-state index in [1.54, 1.807) is 0 Å². The second-order valence-electron chi connectivity index (χ2n) is 0.189. The largest absolute Gasteiger partial charge is 0.405 e. The summed E-state index contributed by atoms with van der Waals surface area (Å²) >= 11 is -3.65. The SMILES string of the molecule is [IH2+].[O-][Br+2]([O-])[O-]. The molecule has 3 nitrogen and oxygen atoms in total. The van der Waals surface area contributed by atoms with Crippen LogP contribution in [0.2, 0.25) is 0 Å². The molecule has 0 radical (unpaired) electrons. The highest BCUT2D eigenvalue weighted by atomic mass is 127. The Kier molecular flexibility index (Phi) is 9.60. The van der Waals surface area contributed by atoms with Gasteiger partial charge in [0.25, 0.3) is 0 Å². The number of rotatable bonds is 0. The fourth-order valence-corrected chi connectivity index (χ4v) is 0. The second kappa shape index (κ2) is 5.09. The fraction of sp³-hybridized carbons (Fsp3) is 0. The quantitative estimate of drug-likeness (QED) is 0.405. The Labute approximate surface area is 51.5 Å². The molecule has 0 saturated heterocycles. The first-order valence-electron chi connectivity index (χ1n) is 0.463. The lowest BCUT2D eigenvalue weighted by atomic mass is 16.0. The standard InChI is InChI=1S/BrO3.H2I/c2-1(3)4;/h;1H2/q-1;+1. The van der Waals surface area contributed by atoms with Crippen molar-refractivity contribution in [1.29, 1.82) is 0 Å². The topological polar surface area (TPSA) is 69.2 Å². The average Bonchev–Trinajstić information content (AvgIpc) is 0.811. The summed E-state index contributed by atoms with van der Waals surface area (Å²) in [5.41, 5.74) is 0. The maximum atomic E-state index is 8.52. The summed E-state index contributed by atoms with van der Waals surface area (Å²) in [6.45, 7) is 0. The number of hydrogen-bond donors (Lipinski definition) is 0. The molecule has 0 rings (SSSR count). The minimum absolute atomic E-state index is 0. The van der Waals surface area contributed by atoms with E-state index < -0.39 is 14.8 Å². The Balaban J connectivity index is 0. The van der Waals surface area contributed by atoms with Crippen LogP contribution in [0.4, 0.5) is 0 Å². The molecule has 0 fully saturated rings. The van der Waals surface area contributed by atoms with Crippen LogP contribution in [0, 0.1) is 14.8 Å². The molecular weight excluding hydrogens is 255 g/mol. The van der Waals surface area contributed by atoms with E-state index in [2.05, 4.69) is 0 Å². The normalized spacial score (nSPS) is 7.20. The molecule has 34 valence electrons. The first kappa shape index (κ1) is 9.43. The summed E-state index contributed by atoms with van der Waals surface area (Å²) in [4.78, 5) is 0. The zero-order chi connectivity index (χ0) is 3.58. The zero-order valence-electron chi connectivity index (χ0n) is 2.05. The van der Waals surface area contributed by atoms with Gasteiger partial charge in [0.2, 0.25) is 38.8 Å². The van der Waals surface area contributed by atoms with Crippen molar-refractivity contribution in [3.05, 3.63) is 0 Å². The van der Waals surface area contributed by atoms with Gasteiger partial charge in [-0.2, -0.15) is 0 Å². The number of halogens is 2. The Hall–Kier alpha value is 1.09. The molecule has 5 heteroatoms. The highest BCUT2D eigenvalue weighted by Crippen LogP contribution is 1.24. The van der Waals surface area contributed by atoms with Crippen LogP contribution in [0.5, 0.6) is 0 Å². The van der Waals surface area contributed by atoms with Crippen molar-refractivity contribution in [1.82, 2.24) is 0 Å². The molecule has 0 atom stereocenters. The van der Waals surface area contributed by atoms with E-state index in [1.807, 2.05) is 0 Å². The van der Waals surface area contributed by atoms with E-state index in [9.17, 15) is 0 Å². The van der Waals surface area contributed by atoms with Gasteiger partial charge in [0.15, 0.2) is 0 Å². The molecule has 0 bridgehead atoms. The minimum atomic E-state index is -3.65. The van der Waals surface area contributed by atoms with E-state index in [0.717, 1.165) is 0 Å².